The molecule has 0 aliphatic carbocycles. The van der Waals surface area contributed by atoms with Crippen LogP contribution in [-0.2, 0) is 6.18 Å². The number of amides is 1. The van der Waals surface area contributed by atoms with Crippen LogP contribution in [0, 0.1) is 0 Å². The maximum atomic E-state index is 12.7. The number of anilines is 1. The fraction of sp³-hybridized carbons (Fsp3) is 0.261. The summed E-state index contributed by atoms with van der Waals surface area (Å²) in [4.78, 5) is 33.6. The first-order valence-electron chi connectivity index (χ1n) is 10.2. The summed E-state index contributed by atoms with van der Waals surface area (Å²) in [5.74, 6) is 0.0210. The SMILES string of the molecule is O=C(NC1CCN(c2ccc(C(F)(F)F)cn2)CC1)c1ccc(-c2ccccc2)[nH]c1=O. The van der Waals surface area contributed by atoms with Crippen LogP contribution >= 0.6 is 0 Å². The van der Waals surface area contributed by atoms with Crippen LogP contribution in [0.1, 0.15) is 28.8 Å². The van der Waals surface area contributed by atoms with Gasteiger partial charge in [0.2, 0.25) is 0 Å². The average Bonchev–Trinajstić information content (AvgIpc) is 2.79. The number of aromatic nitrogens is 2. The molecule has 3 aromatic rings. The third-order valence-corrected chi connectivity index (χ3v) is 5.47. The Bertz CT molecular complexity index is 1140. The zero-order chi connectivity index (χ0) is 22.7. The van der Waals surface area contributed by atoms with E-state index >= 15 is 0 Å². The summed E-state index contributed by atoms with van der Waals surface area (Å²) in [7, 11) is 0. The zero-order valence-electron chi connectivity index (χ0n) is 17.0. The fourth-order valence-corrected chi connectivity index (χ4v) is 3.70. The second-order valence-corrected chi connectivity index (χ2v) is 7.62. The minimum atomic E-state index is -4.42. The molecule has 4 rings (SSSR count). The van der Waals surface area contributed by atoms with Gasteiger partial charge in [-0.25, -0.2) is 4.98 Å². The lowest BCUT2D eigenvalue weighted by Gasteiger charge is -2.33. The van der Waals surface area contributed by atoms with E-state index in [1.54, 1.807) is 6.07 Å². The number of piperidine rings is 1. The van der Waals surface area contributed by atoms with E-state index in [4.69, 9.17) is 0 Å². The number of carbonyl (C=O) groups is 1. The van der Waals surface area contributed by atoms with Crippen LogP contribution in [-0.4, -0.2) is 35.0 Å². The molecule has 2 N–H and O–H groups in total. The van der Waals surface area contributed by atoms with Gasteiger partial charge in [-0.15, -0.1) is 0 Å². The molecule has 1 aliphatic heterocycles. The number of benzene rings is 1. The number of nitrogens with zero attached hydrogens (tertiary/aromatic N) is 2. The number of aromatic amines is 1. The maximum absolute atomic E-state index is 12.7. The second-order valence-electron chi connectivity index (χ2n) is 7.62. The van der Waals surface area contributed by atoms with Gasteiger partial charge < -0.3 is 15.2 Å². The van der Waals surface area contributed by atoms with Crippen LogP contribution < -0.4 is 15.8 Å². The van der Waals surface area contributed by atoms with E-state index in [2.05, 4.69) is 15.3 Å². The minimum absolute atomic E-state index is 0.0384. The molecular weight excluding hydrogens is 421 g/mol. The van der Waals surface area contributed by atoms with Crippen molar-refractivity contribution in [3.05, 3.63) is 82.3 Å². The quantitative estimate of drug-likeness (QED) is 0.643. The summed E-state index contributed by atoms with van der Waals surface area (Å²) >= 11 is 0. The highest BCUT2D eigenvalue weighted by molar-refractivity contribution is 5.94. The molecule has 9 heteroatoms. The molecular formula is C23H21F3N4O2. The molecule has 166 valence electrons. The Balaban J connectivity index is 1.35. The molecule has 0 saturated carbocycles. The molecule has 32 heavy (non-hydrogen) atoms. The normalized spacial score (nSPS) is 14.9. The van der Waals surface area contributed by atoms with E-state index in [-0.39, 0.29) is 11.6 Å². The molecule has 1 fully saturated rings. The number of halogens is 3. The molecule has 6 nitrogen and oxygen atoms in total. The predicted octanol–water partition coefficient (Wildman–Crippen LogP) is 3.85. The molecule has 0 atom stereocenters. The van der Waals surface area contributed by atoms with E-state index in [9.17, 15) is 22.8 Å². The average molecular weight is 442 g/mol. The van der Waals surface area contributed by atoms with Crippen molar-refractivity contribution in [2.75, 3.05) is 18.0 Å². The standard InChI is InChI=1S/C23H21F3N4O2/c24-23(25,26)16-6-9-20(27-14-16)30-12-10-17(11-13-30)28-21(31)18-7-8-19(29-22(18)32)15-4-2-1-3-5-15/h1-9,14,17H,10-13H2,(H,28,31)(H,29,32). The summed E-state index contributed by atoms with van der Waals surface area (Å²) < 4.78 is 38.1. The number of pyridine rings is 2. The van der Waals surface area contributed by atoms with Gasteiger partial charge in [0, 0.05) is 31.0 Å². The minimum Gasteiger partial charge on any atom is -0.356 e. The van der Waals surface area contributed by atoms with Crippen molar-refractivity contribution in [1.82, 2.24) is 15.3 Å². The first kappa shape index (κ1) is 21.6. The molecule has 0 spiro atoms. The van der Waals surface area contributed by atoms with Crippen LogP contribution in [0.3, 0.4) is 0 Å². The van der Waals surface area contributed by atoms with Crippen molar-refractivity contribution in [1.29, 1.82) is 0 Å². The van der Waals surface area contributed by atoms with Gasteiger partial charge in [-0.3, -0.25) is 9.59 Å². The van der Waals surface area contributed by atoms with Crippen LogP contribution in [0.25, 0.3) is 11.3 Å². The Labute approximate surface area is 182 Å². The lowest BCUT2D eigenvalue weighted by atomic mass is 10.0. The second kappa shape index (κ2) is 8.86. The molecule has 1 aromatic carbocycles. The zero-order valence-corrected chi connectivity index (χ0v) is 17.0. The van der Waals surface area contributed by atoms with Gasteiger partial charge in [-0.2, -0.15) is 13.2 Å². The van der Waals surface area contributed by atoms with E-state index in [0.717, 1.165) is 17.8 Å². The molecule has 1 saturated heterocycles. The third-order valence-electron chi connectivity index (χ3n) is 5.47. The van der Waals surface area contributed by atoms with Crippen molar-refractivity contribution in [2.24, 2.45) is 0 Å². The Morgan fingerprint density at radius 3 is 2.34 bits per heavy atom. The first-order chi connectivity index (χ1) is 15.3. The monoisotopic (exact) mass is 442 g/mol. The number of H-pyrrole nitrogens is 1. The van der Waals surface area contributed by atoms with Crippen LogP contribution in [0.15, 0.2) is 65.6 Å². The summed E-state index contributed by atoms with van der Waals surface area (Å²) in [5.41, 5.74) is 0.268. The van der Waals surface area contributed by atoms with Crippen molar-refractivity contribution in [3.8, 4) is 11.3 Å². The highest BCUT2D eigenvalue weighted by Crippen LogP contribution is 2.29. The highest BCUT2D eigenvalue weighted by atomic mass is 19.4. The molecule has 1 amide bonds. The Hall–Kier alpha value is -3.62. The van der Waals surface area contributed by atoms with Crippen molar-refractivity contribution in [3.63, 3.8) is 0 Å². The maximum Gasteiger partial charge on any atom is 0.417 e. The molecule has 1 aliphatic rings. The van der Waals surface area contributed by atoms with E-state index in [1.807, 2.05) is 35.2 Å². The Kier molecular flexibility index (Phi) is 5.98. The fourth-order valence-electron chi connectivity index (χ4n) is 3.70. The van der Waals surface area contributed by atoms with Gasteiger partial charge in [0.15, 0.2) is 0 Å². The summed E-state index contributed by atoms with van der Waals surface area (Å²) in [6, 6.07) is 14.8. The first-order valence-corrected chi connectivity index (χ1v) is 10.2. The van der Waals surface area contributed by atoms with Crippen LogP contribution in [0.4, 0.5) is 19.0 Å². The number of carbonyl (C=O) groups excluding carboxylic acids is 1. The summed E-state index contributed by atoms with van der Waals surface area (Å²) in [6.07, 6.45) is -2.41. The number of nitrogens with one attached hydrogen (secondary N) is 2. The lowest BCUT2D eigenvalue weighted by Crippen LogP contribution is -2.45. The van der Waals surface area contributed by atoms with Gasteiger partial charge in [-0.05, 0) is 42.7 Å². The number of hydrogen-bond donors (Lipinski definition) is 2. The van der Waals surface area contributed by atoms with Crippen molar-refractivity contribution < 1.29 is 18.0 Å². The Morgan fingerprint density at radius 2 is 1.75 bits per heavy atom. The Morgan fingerprint density at radius 1 is 1.03 bits per heavy atom. The number of alkyl halides is 3. The molecule has 0 bridgehead atoms. The van der Waals surface area contributed by atoms with Gasteiger partial charge in [0.05, 0.1) is 5.56 Å². The van der Waals surface area contributed by atoms with E-state index in [0.29, 0.717) is 37.4 Å². The predicted molar refractivity (Wildman–Crippen MR) is 114 cm³/mol. The van der Waals surface area contributed by atoms with Crippen LogP contribution in [0.5, 0.6) is 0 Å². The van der Waals surface area contributed by atoms with Gasteiger partial charge in [0.1, 0.15) is 11.4 Å². The molecule has 3 heterocycles. The van der Waals surface area contributed by atoms with Gasteiger partial charge in [-0.1, -0.05) is 30.3 Å². The number of rotatable bonds is 4. The lowest BCUT2D eigenvalue weighted by molar-refractivity contribution is -0.137. The third kappa shape index (κ3) is 4.82. The molecule has 0 radical (unpaired) electrons. The van der Waals surface area contributed by atoms with E-state index in [1.165, 1.54) is 12.1 Å². The molecule has 0 unspecified atom stereocenters. The van der Waals surface area contributed by atoms with Gasteiger partial charge in [0.25, 0.3) is 11.5 Å². The van der Waals surface area contributed by atoms with Crippen molar-refractivity contribution in [2.45, 2.75) is 25.1 Å². The number of hydrogen-bond acceptors (Lipinski definition) is 4. The van der Waals surface area contributed by atoms with Gasteiger partial charge >= 0.3 is 6.18 Å². The topological polar surface area (TPSA) is 78.1 Å². The van der Waals surface area contributed by atoms with E-state index < -0.39 is 23.2 Å². The van der Waals surface area contributed by atoms with Crippen molar-refractivity contribution >= 4 is 11.7 Å². The largest absolute Gasteiger partial charge is 0.417 e. The summed E-state index contributed by atoms with van der Waals surface area (Å²) in [5, 5.41) is 2.88. The molecule has 2 aromatic heterocycles. The van der Waals surface area contributed by atoms with Crippen LogP contribution in [0.2, 0.25) is 0 Å². The smallest absolute Gasteiger partial charge is 0.356 e. The highest BCUT2D eigenvalue weighted by Gasteiger charge is 2.31. The summed E-state index contributed by atoms with van der Waals surface area (Å²) in [6.45, 7) is 1.07.